The smallest absolute Gasteiger partial charge is 0.207 e. The van der Waals surface area contributed by atoms with Gasteiger partial charge in [0.05, 0.1) is 10.6 Å². The van der Waals surface area contributed by atoms with Crippen LogP contribution in [0.25, 0.3) is 0 Å². The summed E-state index contributed by atoms with van der Waals surface area (Å²) >= 11 is 5.71. The normalized spacial score (nSPS) is 11.0. The van der Waals surface area contributed by atoms with Gasteiger partial charge in [-0.3, -0.25) is 0 Å². The molecule has 0 atom stereocenters. The molecule has 1 rings (SSSR count). The fraction of sp³-hybridized carbons (Fsp3) is 0.125. The maximum atomic E-state index is 11.0. The molecule has 0 aromatic heterocycles. The summed E-state index contributed by atoms with van der Waals surface area (Å²) in [5, 5.41) is 8.59. The van der Waals surface area contributed by atoms with Gasteiger partial charge in [-0.25, -0.2) is 8.42 Å². The van der Waals surface area contributed by atoms with E-state index < -0.39 is 9.05 Å². The van der Waals surface area contributed by atoms with Crippen molar-refractivity contribution in [2.75, 3.05) is 0 Å². The van der Waals surface area contributed by atoms with Gasteiger partial charge in [0.2, 0.25) is 0 Å². The molecule has 0 aliphatic carbocycles. The van der Waals surface area contributed by atoms with E-state index in [9.17, 15) is 8.42 Å². The van der Waals surface area contributed by atoms with Gasteiger partial charge >= 0.3 is 0 Å². The number of benzene rings is 1. The van der Waals surface area contributed by atoms with Crippen LogP contribution in [-0.2, 0) is 9.05 Å². The molecule has 0 N–H and O–H groups in total. The van der Waals surface area contributed by atoms with Gasteiger partial charge in [-0.05, 0) is 18.6 Å². The lowest BCUT2D eigenvalue weighted by molar-refractivity contribution is 0.609. The quantitative estimate of drug-likeness (QED) is 0.719. The summed E-state index contributed by atoms with van der Waals surface area (Å²) in [7, 11) is 1.23. The lowest BCUT2D eigenvalue weighted by Crippen LogP contribution is -1.95. The fourth-order valence-corrected chi connectivity index (χ4v) is 2.59. The largest absolute Gasteiger partial charge is 0.262 e. The molecule has 1 aromatic rings. The second-order valence-electron chi connectivity index (χ2n) is 2.62. The molecule has 0 aliphatic heterocycles. The second kappa shape index (κ2) is 3.77. The van der Waals surface area contributed by atoms with Gasteiger partial charge < -0.3 is 0 Å². The van der Waals surface area contributed by atoms with Gasteiger partial charge in [0.15, 0.2) is 0 Å². The summed E-state index contributed by atoms with van der Waals surface area (Å²) in [5.74, 6) is 0. The molecular weight excluding hydrogens is 245 g/mol. The third-order valence-electron chi connectivity index (χ3n) is 1.69. The zero-order chi connectivity index (χ0) is 10.9. The summed E-state index contributed by atoms with van der Waals surface area (Å²) in [6.07, 6.45) is 0. The molecular formula is C8H5Cl2NO2S. The van der Waals surface area contributed by atoms with E-state index in [-0.39, 0.29) is 15.5 Å². The fourth-order valence-electron chi connectivity index (χ4n) is 0.979. The summed E-state index contributed by atoms with van der Waals surface area (Å²) in [6, 6.07) is 4.59. The van der Waals surface area contributed by atoms with Crippen LogP contribution in [0.4, 0.5) is 0 Å². The Morgan fingerprint density at radius 3 is 2.43 bits per heavy atom. The molecule has 0 aliphatic rings. The van der Waals surface area contributed by atoms with Crippen LogP contribution in [0.3, 0.4) is 0 Å². The number of hydrogen-bond donors (Lipinski definition) is 0. The highest BCUT2D eigenvalue weighted by atomic mass is 35.7. The van der Waals surface area contributed by atoms with Crippen LogP contribution < -0.4 is 0 Å². The molecule has 0 bridgehead atoms. The van der Waals surface area contributed by atoms with Crippen LogP contribution in [0, 0.1) is 18.3 Å². The topological polar surface area (TPSA) is 57.9 Å². The van der Waals surface area contributed by atoms with Crippen LogP contribution in [-0.4, -0.2) is 8.42 Å². The molecule has 14 heavy (non-hydrogen) atoms. The van der Waals surface area contributed by atoms with Crippen molar-refractivity contribution in [2.24, 2.45) is 0 Å². The first-order valence-corrected chi connectivity index (χ1v) is 6.20. The lowest BCUT2D eigenvalue weighted by atomic mass is 10.1. The van der Waals surface area contributed by atoms with Crippen molar-refractivity contribution in [1.29, 1.82) is 5.26 Å². The van der Waals surface area contributed by atoms with Crippen LogP contribution >= 0.6 is 22.3 Å². The van der Waals surface area contributed by atoms with Gasteiger partial charge in [0.1, 0.15) is 11.0 Å². The molecule has 0 fully saturated rings. The summed E-state index contributed by atoms with van der Waals surface area (Å²) in [5.41, 5.74) is 0.745. The van der Waals surface area contributed by atoms with E-state index in [1.807, 2.05) is 6.07 Å². The Kier molecular flexibility index (Phi) is 3.05. The molecule has 0 saturated carbocycles. The Morgan fingerprint density at radius 2 is 2.00 bits per heavy atom. The lowest BCUT2D eigenvalue weighted by Gasteiger charge is -2.03. The number of rotatable bonds is 1. The minimum absolute atomic E-state index is 0.123. The SMILES string of the molecule is Cc1ccc(S(=O)(=O)Cl)c(Cl)c1C#N. The molecule has 0 unspecified atom stereocenters. The molecule has 3 nitrogen and oxygen atoms in total. The Morgan fingerprint density at radius 1 is 1.43 bits per heavy atom. The van der Waals surface area contributed by atoms with Crippen molar-refractivity contribution in [3.8, 4) is 6.07 Å². The van der Waals surface area contributed by atoms with Crippen LogP contribution in [0.15, 0.2) is 17.0 Å². The first-order chi connectivity index (χ1) is 6.38. The summed E-state index contributed by atoms with van der Waals surface area (Å²) in [4.78, 5) is -0.233. The number of hydrogen-bond acceptors (Lipinski definition) is 3. The minimum atomic E-state index is -3.89. The van der Waals surface area contributed by atoms with Gasteiger partial charge in [-0.15, -0.1) is 0 Å². The van der Waals surface area contributed by atoms with E-state index in [1.54, 1.807) is 6.92 Å². The molecule has 74 valence electrons. The zero-order valence-corrected chi connectivity index (χ0v) is 9.41. The van der Waals surface area contributed by atoms with Gasteiger partial charge in [0, 0.05) is 10.7 Å². The first-order valence-electron chi connectivity index (χ1n) is 3.52. The van der Waals surface area contributed by atoms with Crippen molar-refractivity contribution in [2.45, 2.75) is 11.8 Å². The highest BCUT2D eigenvalue weighted by Gasteiger charge is 2.18. The van der Waals surface area contributed by atoms with E-state index in [4.69, 9.17) is 27.5 Å². The van der Waals surface area contributed by atoms with Crippen molar-refractivity contribution in [3.63, 3.8) is 0 Å². The zero-order valence-electron chi connectivity index (χ0n) is 7.08. The van der Waals surface area contributed by atoms with Crippen LogP contribution in [0.5, 0.6) is 0 Å². The van der Waals surface area contributed by atoms with Crippen LogP contribution in [0.2, 0.25) is 5.02 Å². The van der Waals surface area contributed by atoms with E-state index in [0.29, 0.717) is 5.56 Å². The van der Waals surface area contributed by atoms with E-state index in [0.717, 1.165) is 0 Å². The Hall–Kier alpha value is -0.760. The third-order valence-corrected chi connectivity index (χ3v) is 3.56. The van der Waals surface area contributed by atoms with Crippen LogP contribution in [0.1, 0.15) is 11.1 Å². The molecule has 0 spiro atoms. The Labute approximate surface area is 91.3 Å². The van der Waals surface area contributed by atoms with Crippen molar-refractivity contribution in [3.05, 3.63) is 28.3 Å². The molecule has 1 aromatic carbocycles. The highest BCUT2D eigenvalue weighted by molar-refractivity contribution is 8.13. The minimum Gasteiger partial charge on any atom is -0.207 e. The maximum Gasteiger partial charge on any atom is 0.262 e. The van der Waals surface area contributed by atoms with E-state index in [1.165, 1.54) is 12.1 Å². The Balaban J connectivity index is 3.62. The predicted molar refractivity (Wildman–Crippen MR) is 53.9 cm³/mol. The predicted octanol–water partition coefficient (Wildman–Crippen LogP) is 2.45. The van der Waals surface area contributed by atoms with E-state index >= 15 is 0 Å². The Bertz CT molecular complexity index is 517. The average Bonchev–Trinajstić information content (AvgIpc) is 2.02. The highest BCUT2D eigenvalue weighted by Crippen LogP contribution is 2.29. The van der Waals surface area contributed by atoms with Gasteiger partial charge in [-0.1, -0.05) is 17.7 Å². The molecule has 0 amide bonds. The summed E-state index contributed by atoms with van der Waals surface area (Å²) in [6.45, 7) is 1.66. The number of nitrogens with zero attached hydrogens (tertiary/aromatic N) is 1. The third kappa shape index (κ3) is 2.01. The number of halogens is 2. The monoisotopic (exact) mass is 249 g/mol. The maximum absolute atomic E-state index is 11.0. The van der Waals surface area contributed by atoms with Crippen molar-refractivity contribution >= 4 is 31.3 Å². The molecule has 0 saturated heterocycles. The summed E-state index contributed by atoms with van der Waals surface area (Å²) < 4.78 is 22.0. The average molecular weight is 250 g/mol. The van der Waals surface area contributed by atoms with Crippen molar-refractivity contribution in [1.82, 2.24) is 0 Å². The molecule has 0 radical (unpaired) electrons. The van der Waals surface area contributed by atoms with Crippen molar-refractivity contribution < 1.29 is 8.42 Å². The number of nitriles is 1. The van der Waals surface area contributed by atoms with E-state index in [2.05, 4.69) is 0 Å². The van der Waals surface area contributed by atoms with Gasteiger partial charge in [-0.2, -0.15) is 5.26 Å². The molecule has 0 heterocycles. The molecule has 6 heteroatoms. The number of aryl methyl sites for hydroxylation is 1. The standard InChI is InChI=1S/C8H5Cl2NO2S/c1-5-2-3-7(14(10,12)13)8(9)6(5)4-11/h2-3H,1H3. The first kappa shape index (κ1) is 11.3. The second-order valence-corrected chi connectivity index (χ2v) is 5.53. The van der Waals surface area contributed by atoms with Gasteiger partial charge in [0.25, 0.3) is 9.05 Å².